The molecule has 158 valence electrons. The van der Waals surface area contributed by atoms with Crippen LogP contribution in [0.2, 0.25) is 0 Å². The second-order valence-electron chi connectivity index (χ2n) is 7.66. The normalized spacial score (nSPS) is 25.8. The van der Waals surface area contributed by atoms with Crippen LogP contribution in [0.1, 0.15) is 26.2 Å². The first-order valence-corrected chi connectivity index (χ1v) is 10.4. The number of amides is 3. The van der Waals surface area contributed by atoms with Crippen LogP contribution >= 0.6 is 0 Å². The topological polar surface area (TPSA) is 100 Å². The molecule has 2 unspecified atom stereocenters. The SMILES string of the molecule is CCOC(=O)N1CCC(NC(=O)C2CC2C(=O)NCCN2CCOCC2)CC1. The third kappa shape index (κ3) is 5.81. The van der Waals surface area contributed by atoms with Gasteiger partial charge in [0.1, 0.15) is 0 Å². The Bertz CT molecular complexity index is 559. The molecule has 2 N–H and O–H groups in total. The molecule has 9 heteroatoms. The minimum Gasteiger partial charge on any atom is -0.450 e. The number of hydrogen-bond donors (Lipinski definition) is 2. The minimum absolute atomic E-state index is 0.0226. The van der Waals surface area contributed by atoms with Crippen molar-refractivity contribution in [3.8, 4) is 0 Å². The van der Waals surface area contributed by atoms with Crippen LogP contribution in [0.25, 0.3) is 0 Å². The molecule has 2 saturated heterocycles. The Balaban J connectivity index is 1.30. The Morgan fingerprint density at radius 2 is 1.71 bits per heavy atom. The van der Waals surface area contributed by atoms with Crippen molar-refractivity contribution in [1.29, 1.82) is 0 Å². The number of carbonyl (C=O) groups excluding carboxylic acids is 3. The molecule has 3 rings (SSSR count). The number of morpholine rings is 1. The molecule has 2 aliphatic heterocycles. The summed E-state index contributed by atoms with van der Waals surface area (Å²) in [5.41, 5.74) is 0. The number of nitrogens with zero attached hydrogens (tertiary/aromatic N) is 2. The van der Waals surface area contributed by atoms with Gasteiger partial charge in [-0.15, -0.1) is 0 Å². The van der Waals surface area contributed by atoms with E-state index in [1.54, 1.807) is 11.8 Å². The second-order valence-corrected chi connectivity index (χ2v) is 7.66. The van der Waals surface area contributed by atoms with Gasteiger partial charge in [-0.3, -0.25) is 14.5 Å². The van der Waals surface area contributed by atoms with Gasteiger partial charge in [-0.05, 0) is 26.2 Å². The number of likely N-dealkylation sites (tertiary alicyclic amines) is 1. The first-order valence-electron chi connectivity index (χ1n) is 10.4. The number of rotatable bonds is 7. The first kappa shape index (κ1) is 20.9. The molecule has 0 aromatic rings. The van der Waals surface area contributed by atoms with Crippen molar-refractivity contribution in [2.75, 3.05) is 59.1 Å². The minimum atomic E-state index is -0.289. The van der Waals surface area contributed by atoms with E-state index in [9.17, 15) is 14.4 Å². The highest BCUT2D eigenvalue weighted by molar-refractivity contribution is 5.92. The summed E-state index contributed by atoms with van der Waals surface area (Å²) in [6.45, 7) is 8.05. The molecular weight excluding hydrogens is 364 g/mol. The Morgan fingerprint density at radius 1 is 1.04 bits per heavy atom. The molecule has 9 nitrogen and oxygen atoms in total. The maximum atomic E-state index is 12.4. The van der Waals surface area contributed by atoms with E-state index in [0.717, 1.165) is 32.8 Å². The molecule has 3 fully saturated rings. The zero-order valence-corrected chi connectivity index (χ0v) is 16.7. The Labute approximate surface area is 166 Å². The lowest BCUT2D eigenvalue weighted by Crippen LogP contribution is -2.47. The van der Waals surface area contributed by atoms with Crippen LogP contribution in [-0.4, -0.2) is 92.8 Å². The van der Waals surface area contributed by atoms with Gasteiger partial charge in [0.05, 0.1) is 31.7 Å². The highest BCUT2D eigenvalue weighted by atomic mass is 16.6. The van der Waals surface area contributed by atoms with E-state index < -0.39 is 0 Å². The van der Waals surface area contributed by atoms with E-state index in [2.05, 4.69) is 15.5 Å². The molecule has 1 saturated carbocycles. The van der Waals surface area contributed by atoms with Crippen molar-refractivity contribution in [3.05, 3.63) is 0 Å². The summed E-state index contributed by atoms with van der Waals surface area (Å²) >= 11 is 0. The van der Waals surface area contributed by atoms with Gasteiger partial charge in [-0.1, -0.05) is 0 Å². The summed E-state index contributed by atoms with van der Waals surface area (Å²) in [6.07, 6.45) is 1.77. The highest BCUT2D eigenvalue weighted by Crippen LogP contribution is 2.39. The fraction of sp³-hybridized carbons (Fsp3) is 0.842. The number of hydrogen-bond acceptors (Lipinski definition) is 6. The number of carbonyl (C=O) groups is 3. The summed E-state index contributed by atoms with van der Waals surface area (Å²) < 4.78 is 10.3. The van der Waals surface area contributed by atoms with Gasteiger partial charge in [0.15, 0.2) is 0 Å². The predicted molar refractivity (Wildman–Crippen MR) is 102 cm³/mol. The van der Waals surface area contributed by atoms with Crippen LogP contribution in [-0.2, 0) is 19.1 Å². The summed E-state index contributed by atoms with van der Waals surface area (Å²) in [7, 11) is 0. The quantitative estimate of drug-likeness (QED) is 0.619. The van der Waals surface area contributed by atoms with Crippen LogP contribution in [0.5, 0.6) is 0 Å². The molecule has 28 heavy (non-hydrogen) atoms. The fourth-order valence-electron chi connectivity index (χ4n) is 3.80. The number of nitrogens with one attached hydrogen (secondary N) is 2. The summed E-state index contributed by atoms with van der Waals surface area (Å²) in [6, 6.07) is 0.0591. The van der Waals surface area contributed by atoms with Crippen LogP contribution in [0.4, 0.5) is 4.79 Å². The molecule has 2 atom stereocenters. The molecule has 0 aromatic carbocycles. The van der Waals surface area contributed by atoms with Gasteiger partial charge >= 0.3 is 6.09 Å². The monoisotopic (exact) mass is 396 g/mol. The van der Waals surface area contributed by atoms with Gasteiger partial charge in [0.25, 0.3) is 0 Å². The van der Waals surface area contributed by atoms with Crippen molar-refractivity contribution in [1.82, 2.24) is 20.4 Å². The Hall–Kier alpha value is -1.87. The third-order valence-electron chi connectivity index (χ3n) is 5.66. The fourth-order valence-corrected chi connectivity index (χ4v) is 3.80. The second kappa shape index (κ2) is 10.1. The van der Waals surface area contributed by atoms with E-state index >= 15 is 0 Å². The average molecular weight is 396 g/mol. The molecule has 0 radical (unpaired) electrons. The molecule has 0 bridgehead atoms. The summed E-state index contributed by atoms with van der Waals surface area (Å²) in [5.74, 6) is -0.482. The van der Waals surface area contributed by atoms with Crippen molar-refractivity contribution in [2.45, 2.75) is 32.2 Å². The van der Waals surface area contributed by atoms with Crippen LogP contribution in [0, 0.1) is 11.8 Å². The van der Waals surface area contributed by atoms with E-state index in [4.69, 9.17) is 9.47 Å². The smallest absolute Gasteiger partial charge is 0.409 e. The highest BCUT2D eigenvalue weighted by Gasteiger charge is 2.48. The lowest BCUT2D eigenvalue weighted by atomic mass is 10.1. The zero-order valence-electron chi connectivity index (χ0n) is 16.7. The van der Waals surface area contributed by atoms with E-state index in [-0.39, 0.29) is 35.8 Å². The van der Waals surface area contributed by atoms with Crippen molar-refractivity contribution in [2.24, 2.45) is 11.8 Å². The van der Waals surface area contributed by atoms with Crippen LogP contribution in [0.15, 0.2) is 0 Å². The maximum absolute atomic E-state index is 12.4. The molecule has 3 aliphatic rings. The van der Waals surface area contributed by atoms with Gasteiger partial charge in [0.2, 0.25) is 11.8 Å². The maximum Gasteiger partial charge on any atom is 0.409 e. The third-order valence-corrected chi connectivity index (χ3v) is 5.66. The number of piperidine rings is 1. The Kier molecular flexibility index (Phi) is 7.50. The van der Waals surface area contributed by atoms with Crippen LogP contribution < -0.4 is 10.6 Å². The molecule has 0 aromatic heterocycles. The molecule has 3 amide bonds. The average Bonchev–Trinajstić information content (AvgIpc) is 3.51. The first-order chi connectivity index (χ1) is 13.6. The van der Waals surface area contributed by atoms with Crippen molar-refractivity contribution in [3.63, 3.8) is 0 Å². The lowest BCUT2D eigenvalue weighted by molar-refractivity contribution is -0.127. The van der Waals surface area contributed by atoms with Gasteiger partial charge < -0.3 is 25.0 Å². The van der Waals surface area contributed by atoms with E-state index in [0.29, 0.717) is 45.5 Å². The van der Waals surface area contributed by atoms with Gasteiger partial charge in [0, 0.05) is 45.3 Å². The lowest BCUT2D eigenvalue weighted by Gasteiger charge is -2.31. The summed E-state index contributed by atoms with van der Waals surface area (Å²) in [5, 5.41) is 6.00. The zero-order chi connectivity index (χ0) is 19.9. The largest absolute Gasteiger partial charge is 0.450 e. The summed E-state index contributed by atoms with van der Waals surface area (Å²) in [4.78, 5) is 40.3. The van der Waals surface area contributed by atoms with Crippen molar-refractivity contribution < 1.29 is 23.9 Å². The van der Waals surface area contributed by atoms with Gasteiger partial charge in [-0.25, -0.2) is 4.79 Å². The Morgan fingerprint density at radius 3 is 2.39 bits per heavy atom. The molecular formula is C19H32N4O5. The molecule has 1 aliphatic carbocycles. The predicted octanol–water partition coefficient (Wildman–Crippen LogP) is -0.192. The van der Waals surface area contributed by atoms with E-state index in [1.807, 2.05) is 0 Å². The molecule has 0 spiro atoms. The standard InChI is InChI=1S/C19H32N4O5/c1-2-28-19(26)23-6-3-14(4-7-23)21-18(25)16-13-15(16)17(24)20-5-8-22-9-11-27-12-10-22/h14-16H,2-13H2,1H3,(H,20,24)(H,21,25). The van der Waals surface area contributed by atoms with E-state index in [1.165, 1.54) is 0 Å². The van der Waals surface area contributed by atoms with Crippen molar-refractivity contribution >= 4 is 17.9 Å². The van der Waals surface area contributed by atoms with Crippen LogP contribution in [0.3, 0.4) is 0 Å². The molecule has 2 heterocycles. The van der Waals surface area contributed by atoms with Gasteiger partial charge in [-0.2, -0.15) is 0 Å². The number of ether oxygens (including phenoxy) is 2.